The molecule has 2 unspecified atom stereocenters. The van der Waals surface area contributed by atoms with Crippen LogP contribution in [0.5, 0.6) is 0 Å². The summed E-state index contributed by atoms with van der Waals surface area (Å²) >= 11 is 0. The first-order valence-electron chi connectivity index (χ1n) is 7.05. The van der Waals surface area contributed by atoms with Gasteiger partial charge in [-0.15, -0.1) is 0 Å². The van der Waals surface area contributed by atoms with Gasteiger partial charge in [-0.05, 0) is 37.7 Å². The van der Waals surface area contributed by atoms with Crippen molar-refractivity contribution in [2.75, 3.05) is 13.1 Å². The van der Waals surface area contributed by atoms with Crippen LogP contribution in [0.3, 0.4) is 0 Å². The first kappa shape index (κ1) is 10.6. The van der Waals surface area contributed by atoms with E-state index >= 15 is 0 Å². The minimum atomic E-state index is 0.318. The zero-order valence-corrected chi connectivity index (χ0v) is 10.9. The number of piperidine rings is 1. The Morgan fingerprint density at radius 3 is 2.67 bits per heavy atom. The smallest absolute Gasteiger partial charge is 0.225 e. The summed E-state index contributed by atoms with van der Waals surface area (Å²) in [5.41, 5.74) is 3.08. The lowest BCUT2D eigenvalue weighted by Crippen LogP contribution is -2.33. The van der Waals surface area contributed by atoms with Gasteiger partial charge in [-0.3, -0.25) is 4.79 Å². The van der Waals surface area contributed by atoms with Gasteiger partial charge in [0.1, 0.15) is 0 Å². The molecule has 1 aromatic rings. The van der Waals surface area contributed by atoms with Gasteiger partial charge < -0.3 is 4.90 Å². The molecule has 18 heavy (non-hydrogen) atoms. The third-order valence-electron chi connectivity index (χ3n) is 5.01. The van der Waals surface area contributed by atoms with Crippen molar-refractivity contribution in [1.82, 2.24) is 4.90 Å². The summed E-state index contributed by atoms with van der Waals surface area (Å²) in [6.45, 7) is 4.10. The molecule has 2 atom stereocenters. The van der Waals surface area contributed by atoms with E-state index in [1.54, 1.807) is 0 Å². The number of amides is 1. The maximum atomic E-state index is 12.1. The van der Waals surface area contributed by atoms with Gasteiger partial charge in [0.25, 0.3) is 0 Å². The lowest BCUT2D eigenvalue weighted by atomic mass is 9.94. The predicted molar refractivity (Wildman–Crippen MR) is 70.3 cm³/mol. The van der Waals surface area contributed by atoms with Crippen LogP contribution < -0.4 is 0 Å². The lowest BCUT2D eigenvalue weighted by molar-refractivity contribution is -0.132. The highest BCUT2D eigenvalue weighted by Crippen LogP contribution is 2.59. The molecule has 4 rings (SSSR count). The zero-order valence-electron chi connectivity index (χ0n) is 10.9. The quantitative estimate of drug-likeness (QED) is 0.779. The molecule has 2 heteroatoms. The van der Waals surface area contributed by atoms with Gasteiger partial charge in [0, 0.05) is 24.4 Å². The summed E-state index contributed by atoms with van der Waals surface area (Å²) in [7, 11) is 0. The summed E-state index contributed by atoms with van der Waals surface area (Å²) in [4.78, 5) is 14.3. The molecule has 1 saturated heterocycles. The molecule has 0 radical (unpaired) electrons. The third kappa shape index (κ3) is 1.44. The summed E-state index contributed by atoms with van der Waals surface area (Å²) in [6, 6.07) is 8.93. The molecule has 0 aromatic heterocycles. The number of likely N-dealkylation sites (tertiary alicyclic amines) is 1. The molecule has 2 nitrogen and oxygen atoms in total. The molecular weight excluding hydrogens is 222 g/mol. The Balaban J connectivity index is 1.56. The second-order valence-corrected chi connectivity index (χ2v) is 6.42. The van der Waals surface area contributed by atoms with E-state index in [2.05, 4.69) is 36.1 Å². The molecule has 1 aliphatic heterocycles. The molecular formula is C16H19NO. The number of fused-ring (bicyclic) bond motifs is 1. The van der Waals surface area contributed by atoms with Crippen LogP contribution in [0.1, 0.15) is 30.4 Å². The molecule has 94 valence electrons. The van der Waals surface area contributed by atoms with Crippen LogP contribution in [0.25, 0.3) is 0 Å². The Labute approximate surface area is 108 Å². The highest BCUT2D eigenvalue weighted by Gasteiger charge is 2.62. The average Bonchev–Trinajstić information content (AvgIpc) is 3.28. The highest BCUT2D eigenvalue weighted by molar-refractivity contribution is 5.82. The highest BCUT2D eigenvalue weighted by atomic mass is 16.2. The number of hydrogen-bond acceptors (Lipinski definition) is 1. The maximum absolute atomic E-state index is 12.1. The fraction of sp³-hybridized carbons (Fsp3) is 0.562. The molecule has 0 bridgehead atoms. The van der Waals surface area contributed by atoms with Gasteiger partial charge in [-0.2, -0.15) is 0 Å². The molecule has 1 amide bonds. The summed E-state index contributed by atoms with van der Waals surface area (Å²) in [5.74, 6) is 1.52. The fourth-order valence-corrected chi connectivity index (χ4v) is 3.57. The van der Waals surface area contributed by atoms with Crippen LogP contribution in [-0.4, -0.2) is 23.9 Å². The normalized spacial score (nSPS) is 33.4. The summed E-state index contributed by atoms with van der Waals surface area (Å²) < 4.78 is 0. The van der Waals surface area contributed by atoms with Gasteiger partial charge in [-0.25, -0.2) is 0 Å². The lowest BCUT2D eigenvalue weighted by Gasteiger charge is -2.21. The monoisotopic (exact) mass is 241 g/mol. The topological polar surface area (TPSA) is 20.3 Å². The van der Waals surface area contributed by atoms with Crippen molar-refractivity contribution in [3.8, 4) is 0 Å². The number of nitrogens with zero attached hydrogens (tertiary/aromatic N) is 1. The Morgan fingerprint density at radius 2 is 2.00 bits per heavy atom. The van der Waals surface area contributed by atoms with Crippen molar-refractivity contribution in [3.63, 3.8) is 0 Å². The van der Waals surface area contributed by atoms with Gasteiger partial charge in [0.05, 0.1) is 0 Å². The second-order valence-electron chi connectivity index (χ2n) is 6.42. The van der Waals surface area contributed by atoms with Crippen LogP contribution in [-0.2, 0) is 10.2 Å². The minimum absolute atomic E-state index is 0.318. The molecule has 2 aliphatic carbocycles. The van der Waals surface area contributed by atoms with Gasteiger partial charge >= 0.3 is 0 Å². The Morgan fingerprint density at radius 1 is 1.28 bits per heavy atom. The number of benzene rings is 1. The summed E-state index contributed by atoms with van der Waals surface area (Å²) in [5, 5.41) is 0. The largest absolute Gasteiger partial charge is 0.341 e. The molecule has 1 aromatic carbocycles. The van der Waals surface area contributed by atoms with E-state index in [-0.39, 0.29) is 0 Å². The van der Waals surface area contributed by atoms with Gasteiger partial charge in [0.15, 0.2) is 0 Å². The van der Waals surface area contributed by atoms with E-state index < -0.39 is 0 Å². The van der Waals surface area contributed by atoms with Crippen LogP contribution in [0.15, 0.2) is 24.3 Å². The second kappa shape index (κ2) is 3.37. The van der Waals surface area contributed by atoms with Crippen molar-refractivity contribution in [3.05, 3.63) is 35.4 Å². The van der Waals surface area contributed by atoms with Crippen molar-refractivity contribution in [2.45, 2.75) is 31.6 Å². The molecule has 0 N–H and O–H groups in total. The standard InChI is InChI=1S/C16H19NO/c1-11-2-6-13(7-3-11)16-8-14(16)9-17(10-16)15(18)12-4-5-12/h2-3,6-7,12,14H,4-5,8-10H2,1H3. The van der Waals surface area contributed by atoms with Crippen molar-refractivity contribution < 1.29 is 4.79 Å². The number of rotatable bonds is 2. The third-order valence-corrected chi connectivity index (χ3v) is 5.01. The van der Waals surface area contributed by atoms with Crippen molar-refractivity contribution in [2.24, 2.45) is 11.8 Å². The van der Waals surface area contributed by atoms with E-state index in [9.17, 15) is 4.79 Å². The van der Waals surface area contributed by atoms with E-state index in [0.717, 1.165) is 31.8 Å². The molecule has 2 saturated carbocycles. The van der Waals surface area contributed by atoms with Crippen LogP contribution >= 0.6 is 0 Å². The SMILES string of the molecule is Cc1ccc(C23CC2CN(C(=O)C2CC2)C3)cc1. The van der Waals surface area contributed by atoms with Crippen molar-refractivity contribution >= 4 is 5.91 Å². The Bertz CT molecular complexity index is 502. The van der Waals surface area contributed by atoms with Crippen LogP contribution in [0.2, 0.25) is 0 Å². The fourth-order valence-electron chi connectivity index (χ4n) is 3.57. The van der Waals surface area contributed by atoms with Crippen molar-refractivity contribution in [1.29, 1.82) is 0 Å². The number of carbonyl (C=O) groups excluding carboxylic acids is 1. The minimum Gasteiger partial charge on any atom is -0.341 e. The molecule has 1 heterocycles. The Kier molecular flexibility index (Phi) is 1.98. The van der Waals surface area contributed by atoms with E-state index in [4.69, 9.17) is 0 Å². The summed E-state index contributed by atoms with van der Waals surface area (Å²) in [6.07, 6.45) is 3.53. The average molecular weight is 241 g/mol. The Hall–Kier alpha value is -1.31. The first-order valence-corrected chi connectivity index (χ1v) is 7.05. The maximum Gasteiger partial charge on any atom is 0.225 e. The van der Waals surface area contributed by atoms with E-state index in [1.807, 2.05) is 0 Å². The van der Waals surface area contributed by atoms with Gasteiger partial charge in [-0.1, -0.05) is 29.8 Å². The van der Waals surface area contributed by atoms with Crippen LogP contribution in [0, 0.1) is 18.8 Å². The van der Waals surface area contributed by atoms with E-state index in [1.165, 1.54) is 17.5 Å². The molecule has 3 aliphatic rings. The predicted octanol–water partition coefficient (Wildman–Crippen LogP) is 2.50. The number of carbonyl (C=O) groups is 1. The first-order chi connectivity index (χ1) is 8.69. The van der Waals surface area contributed by atoms with Gasteiger partial charge in [0.2, 0.25) is 5.91 Å². The molecule has 0 spiro atoms. The molecule has 3 fully saturated rings. The van der Waals surface area contributed by atoms with E-state index in [0.29, 0.717) is 17.2 Å². The van der Waals surface area contributed by atoms with Crippen LogP contribution in [0.4, 0.5) is 0 Å². The number of hydrogen-bond donors (Lipinski definition) is 0. The number of aryl methyl sites for hydroxylation is 1. The zero-order chi connectivity index (χ0) is 12.3.